The van der Waals surface area contributed by atoms with Gasteiger partial charge in [-0.2, -0.15) is 0 Å². The molecule has 10 nitrogen and oxygen atoms in total. The minimum atomic E-state index is -0.673. The largest absolute Gasteiger partial charge is 0.491 e. The molecule has 0 saturated carbocycles. The van der Waals surface area contributed by atoms with E-state index in [1.807, 2.05) is 24.3 Å². The van der Waals surface area contributed by atoms with Gasteiger partial charge in [-0.3, -0.25) is 15.1 Å². The number of aliphatic hydroxyl groups excluding tert-OH is 1. The summed E-state index contributed by atoms with van der Waals surface area (Å²) < 4.78 is 5.51. The lowest BCUT2D eigenvalue weighted by Gasteiger charge is -2.10. The molecule has 0 fully saturated rings. The van der Waals surface area contributed by atoms with E-state index in [0.717, 1.165) is 30.6 Å². The highest BCUT2D eigenvalue weighted by Crippen LogP contribution is 2.20. The monoisotopic (exact) mass is 457 g/mol. The summed E-state index contributed by atoms with van der Waals surface area (Å²) in [7, 11) is 0. The van der Waals surface area contributed by atoms with E-state index in [-0.39, 0.29) is 54.1 Å². The maximum Gasteiger partial charge on any atom is 0.280 e. The number of unbranched alkanes of at least 4 members (excludes halogenated alkanes) is 1. The first-order valence-electron chi connectivity index (χ1n) is 8.93. The molecule has 30 heavy (non-hydrogen) atoms. The molecule has 164 valence electrons. The van der Waals surface area contributed by atoms with Crippen molar-refractivity contribution >= 4 is 47.5 Å². The van der Waals surface area contributed by atoms with Crippen molar-refractivity contribution in [2.24, 2.45) is 10.7 Å². The molecule has 0 aliphatic heterocycles. The van der Waals surface area contributed by atoms with Crippen molar-refractivity contribution in [2.45, 2.75) is 19.3 Å². The average Bonchev–Trinajstić information content (AvgIpc) is 2.69. The van der Waals surface area contributed by atoms with E-state index in [1.54, 1.807) is 0 Å². The number of aromatic nitrogens is 2. The molecule has 1 aromatic heterocycles. The molecule has 0 spiro atoms. The Morgan fingerprint density at radius 1 is 1.20 bits per heavy atom. The molecule has 1 aromatic carbocycles. The van der Waals surface area contributed by atoms with Gasteiger partial charge in [-0.25, -0.2) is 9.97 Å². The number of aliphatic imine (C=N–C) groups is 1. The van der Waals surface area contributed by atoms with Crippen LogP contribution in [0, 0.1) is 0 Å². The number of para-hydroxylation sites is 1. The van der Waals surface area contributed by atoms with E-state index < -0.39 is 5.91 Å². The molecule has 1 amide bonds. The van der Waals surface area contributed by atoms with Gasteiger partial charge in [0.2, 0.25) is 0 Å². The third kappa shape index (κ3) is 7.54. The number of nitrogens with zero attached hydrogens (tertiary/aromatic N) is 3. The number of halogens is 2. The summed E-state index contributed by atoms with van der Waals surface area (Å²) in [5.74, 6) is -0.188. The lowest BCUT2D eigenvalue weighted by molar-refractivity contribution is 0.0972. The molecule has 0 aliphatic rings. The number of guanidine groups is 1. The number of benzene rings is 1. The summed E-state index contributed by atoms with van der Waals surface area (Å²) in [6, 6.07) is 7.67. The first-order chi connectivity index (χ1) is 13.9. The van der Waals surface area contributed by atoms with E-state index >= 15 is 0 Å². The fourth-order valence-electron chi connectivity index (χ4n) is 2.46. The number of aryl methyl sites for hydroxylation is 1. The van der Waals surface area contributed by atoms with Crippen molar-refractivity contribution in [3.05, 3.63) is 40.7 Å². The second-order valence-corrected chi connectivity index (χ2v) is 6.35. The number of aliphatic hydroxyl groups is 1. The lowest BCUT2D eigenvalue weighted by atomic mass is 10.1. The first-order valence-corrected chi connectivity index (χ1v) is 9.31. The fraction of sp³-hybridized carbons (Fsp3) is 0.333. The van der Waals surface area contributed by atoms with E-state index in [1.165, 1.54) is 0 Å². The van der Waals surface area contributed by atoms with Crippen LogP contribution in [0.3, 0.4) is 0 Å². The van der Waals surface area contributed by atoms with Gasteiger partial charge in [0.05, 0.1) is 6.61 Å². The summed E-state index contributed by atoms with van der Waals surface area (Å²) >= 11 is 5.76. The SMILES string of the molecule is Cl.NC(=NCCCCc1ccccc1OCCO)NC(=O)c1nc(Cl)c(N)nc1N. The molecule has 0 radical (unpaired) electrons. The van der Waals surface area contributed by atoms with Crippen LogP contribution in [-0.4, -0.2) is 46.7 Å². The highest BCUT2D eigenvalue weighted by molar-refractivity contribution is 6.31. The second kappa shape index (κ2) is 12.7. The number of rotatable bonds is 9. The number of carbonyl (C=O) groups excluding carboxylic acids is 1. The molecule has 8 N–H and O–H groups in total. The van der Waals surface area contributed by atoms with Crippen LogP contribution in [0.1, 0.15) is 28.9 Å². The smallest absolute Gasteiger partial charge is 0.280 e. The molecule has 0 atom stereocenters. The third-order valence-corrected chi connectivity index (χ3v) is 4.10. The van der Waals surface area contributed by atoms with Crippen molar-refractivity contribution in [1.29, 1.82) is 0 Å². The van der Waals surface area contributed by atoms with Crippen LogP contribution in [0.5, 0.6) is 5.75 Å². The van der Waals surface area contributed by atoms with Gasteiger partial charge < -0.3 is 27.0 Å². The highest BCUT2D eigenvalue weighted by Gasteiger charge is 2.16. The molecule has 1 heterocycles. The first kappa shape index (κ1) is 25.2. The van der Waals surface area contributed by atoms with Gasteiger partial charge in [-0.15, -0.1) is 12.4 Å². The minimum absolute atomic E-state index is 0. The molecular weight excluding hydrogens is 433 g/mol. The van der Waals surface area contributed by atoms with Gasteiger partial charge in [-0.05, 0) is 30.9 Å². The van der Waals surface area contributed by atoms with Gasteiger partial charge in [0.15, 0.2) is 28.4 Å². The van der Waals surface area contributed by atoms with Crippen molar-refractivity contribution in [3.8, 4) is 5.75 Å². The predicted octanol–water partition coefficient (Wildman–Crippen LogP) is 1.15. The van der Waals surface area contributed by atoms with Gasteiger partial charge >= 0.3 is 0 Å². The summed E-state index contributed by atoms with van der Waals surface area (Å²) in [6.45, 7) is 0.648. The number of hydrogen-bond donors (Lipinski definition) is 5. The Hall–Kier alpha value is -2.82. The summed E-state index contributed by atoms with van der Waals surface area (Å²) in [4.78, 5) is 23.8. The van der Waals surface area contributed by atoms with Gasteiger partial charge in [0.1, 0.15) is 12.4 Å². The maximum atomic E-state index is 12.2. The standard InChI is InChI=1S/C18H24ClN7O3.ClH/c19-14-16(21)25-15(20)13(24-14)17(28)26-18(22)23-8-4-3-6-11-5-1-2-7-12(11)29-10-9-27;/h1-2,5,7,27H,3-4,6,8-10H2,(H4,20,21,25)(H3,22,23,26,28);1H. The normalized spacial score (nSPS) is 10.9. The number of nitrogens with two attached hydrogens (primary N) is 3. The van der Waals surface area contributed by atoms with E-state index in [0.29, 0.717) is 6.54 Å². The summed E-state index contributed by atoms with van der Waals surface area (Å²) in [5, 5.41) is 11.2. The lowest BCUT2D eigenvalue weighted by Crippen LogP contribution is -2.38. The van der Waals surface area contributed by atoms with Crippen molar-refractivity contribution < 1.29 is 14.6 Å². The van der Waals surface area contributed by atoms with E-state index in [4.69, 9.17) is 38.6 Å². The molecule has 2 rings (SSSR count). The van der Waals surface area contributed by atoms with Crippen LogP contribution in [0.25, 0.3) is 0 Å². The van der Waals surface area contributed by atoms with Crippen LogP contribution in [0.4, 0.5) is 11.6 Å². The van der Waals surface area contributed by atoms with Gasteiger partial charge in [0.25, 0.3) is 5.91 Å². The number of nitrogen functional groups attached to an aromatic ring is 2. The number of anilines is 2. The molecule has 0 aliphatic carbocycles. The molecule has 2 aromatic rings. The Morgan fingerprint density at radius 2 is 1.93 bits per heavy atom. The van der Waals surface area contributed by atoms with E-state index in [9.17, 15) is 4.79 Å². The van der Waals surface area contributed by atoms with Crippen LogP contribution >= 0.6 is 24.0 Å². The number of nitrogens with one attached hydrogen (secondary N) is 1. The van der Waals surface area contributed by atoms with Gasteiger partial charge in [0, 0.05) is 6.54 Å². The van der Waals surface area contributed by atoms with Crippen LogP contribution in [0.15, 0.2) is 29.3 Å². The second-order valence-electron chi connectivity index (χ2n) is 5.99. The van der Waals surface area contributed by atoms with Crippen molar-refractivity contribution in [1.82, 2.24) is 15.3 Å². The van der Waals surface area contributed by atoms with Crippen LogP contribution in [0.2, 0.25) is 5.15 Å². The topological polar surface area (TPSA) is 175 Å². The zero-order valence-electron chi connectivity index (χ0n) is 16.2. The Bertz CT molecular complexity index is 881. The highest BCUT2D eigenvalue weighted by atomic mass is 35.5. The molecule has 0 unspecified atom stereocenters. The van der Waals surface area contributed by atoms with Crippen LogP contribution < -0.4 is 27.3 Å². The molecule has 0 bridgehead atoms. The Balaban J connectivity index is 0.00000450. The zero-order chi connectivity index (χ0) is 21.2. The minimum Gasteiger partial charge on any atom is -0.491 e. The Labute approximate surface area is 185 Å². The molecule has 0 saturated heterocycles. The Kier molecular flexibility index (Phi) is 10.7. The fourth-order valence-corrected chi connectivity index (χ4v) is 2.58. The average molecular weight is 458 g/mol. The van der Waals surface area contributed by atoms with Crippen LogP contribution in [-0.2, 0) is 6.42 Å². The Morgan fingerprint density at radius 3 is 2.67 bits per heavy atom. The summed E-state index contributed by atoms with van der Waals surface area (Å²) in [6.07, 6.45) is 2.39. The number of ether oxygens (including phenoxy) is 1. The molecular formula is C18H25Cl2N7O3. The van der Waals surface area contributed by atoms with E-state index in [2.05, 4.69) is 20.3 Å². The van der Waals surface area contributed by atoms with Gasteiger partial charge in [-0.1, -0.05) is 29.8 Å². The maximum absolute atomic E-state index is 12.2. The quantitative estimate of drug-likeness (QED) is 0.211. The summed E-state index contributed by atoms with van der Waals surface area (Å²) in [5.41, 5.74) is 17.7. The number of amides is 1. The third-order valence-electron chi connectivity index (χ3n) is 3.82. The van der Waals surface area contributed by atoms with Crippen molar-refractivity contribution in [3.63, 3.8) is 0 Å². The number of hydrogen-bond acceptors (Lipinski definition) is 8. The molecule has 12 heteroatoms. The predicted molar refractivity (Wildman–Crippen MR) is 119 cm³/mol. The van der Waals surface area contributed by atoms with Crippen molar-refractivity contribution in [2.75, 3.05) is 31.2 Å². The zero-order valence-corrected chi connectivity index (χ0v) is 17.7. The number of carbonyl (C=O) groups is 1.